The van der Waals surface area contributed by atoms with E-state index in [9.17, 15) is 64.7 Å². The number of carbonyl (C=O) groups is 1. The zero-order valence-corrected chi connectivity index (χ0v) is 26.4. The van der Waals surface area contributed by atoms with Gasteiger partial charge in [-0.15, -0.1) is 0 Å². The van der Waals surface area contributed by atoms with Crippen LogP contribution in [0.2, 0.25) is 0 Å². The van der Waals surface area contributed by atoms with Crippen molar-refractivity contribution in [1.29, 1.82) is 0 Å². The molecule has 20 nitrogen and oxygen atoms in total. The highest BCUT2D eigenvalue weighted by molar-refractivity contribution is 7.83. The van der Waals surface area contributed by atoms with Gasteiger partial charge in [-0.1, -0.05) is 20.8 Å². The predicted octanol–water partition coefficient (Wildman–Crippen LogP) is -2.65. The van der Waals surface area contributed by atoms with Crippen LogP contribution < -0.4 is 4.72 Å². The fourth-order valence-electron chi connectivity index (χ4n) is 3.76. The summed E-state index contributed by atoms with van der Waals surface area (Å²) in [5, 5.41) is 52.8. The maximum absolute atomic E-state index is 11.6. The minimum atomic E-state index is -5.56. The summed E-state index contributed by atoms with van der Waals surface area (Å²) in [6.07, 6.45) is -16.8. The van der Waals surface area contributed by atoms with E-state index in [0.717, 1.165) is 13.8 Å². The lowest BCUT2D eigenvalue weighted by atomic mass is 9.89. The first kappa shape index (κ1) is 41.8. The maximum atomic E-state index is 11.6. The van der Waals surface area contributed by atoms with E-state index in [1.807, 2.05) is 0 Å². The molecule has 0 rings (SSSR count). The van der Waals surface area contributed by atoms with Gasteiger partial charge in [0.2, 0.25) is 0 Å². The smallest absolute Gasteiger partial charge is 0.397 e. The number of aliphatic carboxylic acids is 1. The molecule has 0 heterocycles. The monoisotopic (exact) mass is 695 g/mol. The van der Waals surface area contributed by atoms with Crippen molar-refractivity contribution in [3.05, 3.63) is 0 Å². The fraction of sp³-hybridized carbons (Fsp3) is 0.950. The van der Waals surface area contributed by atoms with E-state index in [1.54, 1.807) is 0 Å². The van der Waals surface area contributed by atoms with Crippen molar-refractivity contribution in [2.45, 2.75) is 96.6 Å². The molecule has 0 aliphatic rings. The zero-order chi connectivity index (χ0) is 34.2. The third-order valence-corrected chi connectivity index (χ3v) is 7.35. The topological polar surface area (TPSA) is 330 Å². The van der Waals surface area contributed by atoms with E-state index in [-0.39, 0.29) is 0 Å². The molecule has 0 saturated heterocycles. The van der Waals surface area contributed by atoms with Crippen LogP contribution in [0.25, 0.3) is 0 Å². The van der Waals surface area contributed by atoms with Crippen LogP contribution in [-0.2, 0) is 53.7 Å². The Morgan fingerprint density at radius 1 is 0.721 bits per heavy atom. The SMILES string of the molecule is CC(C)O[C@H](C(C)C(=O)O)C(O)C(OS(=O)(=O)O)[C@@H](O)O[C@H](C(C)COS(=O)(=O)O)C(O)C(NS(=O)(=O)O)[C@H](O)C(C)C. The number of ether oxygens (including phenoxy) is 2. The molecular formula is C20H41NO19S3. The summed E-state index contributed by atoms with van der Waals surface area (Å²) in [6, 6.07) is -2.07. The molecule has 0 aromatic carbocycles. The van der Waals surface area contributed by atoms with Crippen molar-refractivity contribution in [2.75, 3.05) is 6.61 Å². The minimum absolute atomic E-state index is 0.803. The Kier molecular flexibility index (Phi) is 16.5. The van der Waals surface area contributed by atoms with Crippen LogP contribution in [0.1, 0.15) is 41.5 Å². The molecule has 0 radical (unpaired) electrons. The standard InChI is InChI=1S/C20H41NO19S3/c1-8(2)13(22)12(21-41(28,29)30)14(23)16(10(5)7-37-42(31,32)33)39-20(27)18(40-43(34,35)36)15(24)17(38-9(3)4)11(6)19(25)26/h8-18,20-24,27H,7H2,1-6H3,(H,25,26)(H,28,29,30)(H,31,32,33)(H,34,35,36)/t10?,11?,12?,13-,14?,15?,16-,17-,18?,20+/m1/s1. The first-order valence-electron chi connectivity index (χ1n) is 12.5. The quantitative estimate of drug-likeness (QED) is 0.0437. The number of aliphatic hydroxyl groups excluding tert-OH is 4. The van der Waals surface area contributed by atoms with Gasteiger partial charge in [0.25, 0.3) is 0 Å². The second-order valence-electron chi connectivity index (χ2n) is 10.3. The predicted molar refractivity (Wildman–Crippen MR) is 142 cm³/mol. The van der Waals surface area contributed by atoms with Crippen molar-refractivity contribution in [3.8, 4) is 0 Å². The van der Waals surface area contributed by atoms with E-state index < -0.39 is 116 Å². The second-order valence-corrected chi connectivity index (χ2v) is 13.6. The number of hydrogen-bond donors (Lipinski definition) is 9. The summed E-state index contributed by atoms with van der Waals surface area (Å²) in [6.45, 7) is 6.55. The van der Waals surface area contributed by atoms with Crippen LogP contribution in [0.15, 0.2) is 0 Å². The van der Waals surface area contributed by atoms with Crippen molar-refractivity contribution in [1.82, 2.24) is 4.72 Å². The molecule has 23 heteroatoms. The molecule has 0 amide bonds. The Labute approximate surface area is 249 Å². The second kappa shape index (κ2) is 17.0. The van der Waals surface area contributed by atoms with Gasteiger partial charge in [-0.25, -0.2) is 8.37 Å². The Balaban J connectivity index is 6.87. The lowest BCUT2D eigenvalue weighted by Crippen LogP contribution is -2.60. The van der Waals surface area contributed by atoms with Crippen molar-refractivity contribution in [2.24, 2.45) is 17.8 Å². The molecule has 0 fully saturated rings. The molecular weight excluding hydrogens is 654 g/mol. The average Bonchev–Trinajstić information content (AvgIpc) is 2.82. The largest absolute Gasteiger partial charge is 0.481 e. The fourth-order valence-corrected chi connectivity index (χ4v) is 5.26. The Bertz CT molecular complexity index is 1190. The number of carboxylic acids is 1. The van der Waals surface area contributed by atoms with Crippen LogP contribution >= 0.6 is 0 Å². The van der Waals surface area contributed by atoms with Crippen LogP contribution in [0.4, 0.5) is 0 Å². The summed E-state index contributed by atoms with van der Waals surface area (Å²) >= 11 is 0. The molecule has 6 unspecified atom stereocenters. The van der Waals surface area contributed by atoms with Crippen molar-refractivity contribution >= 4 is 37.1 Å². The molecule has 0 aromatic heterocycles. The molecule has 258 valence electrons. The van der Waals surface area contributed by atoms with Gasteiger partial charge in [0.05, 0.1) is 49.1 Å². The van der Waals surface area contributed by atoms with Crippen LogP contribution in [0.5, 0.6) is 0 Å². The van der Waals surface area contributed by atoms with Crippen molar-refractivity contribution < 1.29 is 87.1 Å². The highest BCUT2D eigenvalue weighted by atomic mass is 32.3. The van der Waals surface area contributed by atoms with Gasteiger partial charge >= 0.3 is 37.1 Å². The molecule has 0 aliphatic heterocycles. The van der Waals surface area contributed by atoms with E-state index in [1.165, 1.54) is 32.4 Å². The lowest BCUT2D eigenvalue weighted by molar-refractivity contribution is -0.247. The minimum Gasteiger partial charge on any atom is -0.481 e. The Hall–Kier alpha value is -1.16. The number of aliphatic hydroxyl groups is 4. The molecule has 0 bridgehead atoms. The third-order valence-electron chi connectivity index (χ3n) is 5.88. The van der Waals surface area contributed by atoms with Gasteiger partial charge in [0, 0.05) is 5.92 Å². The maximum Gasteiger partial charge on any atom is 0.397 e. The highest BCUT2D eigenvalue weighted by Crippen LogP contribution is 2.26. The Morgan fingerprint density at radius 3 is 1.60 bits per heavy atom. The number of rotatable bonds is 21. The first-order chi connectivity index (χ1) is 19.2. The van der Waals surface area contributed by atoms with Crippen LogP contribution in [0.3, 0.4) is 0 Å². The molecule has 43 heavy (non-hydrogen) atoms. The summed E-state index contributed by atoms with van der Waals surface area (Å²) < 4.78 is 117. The van der Waals surface area contributed by atoms with Crippen molar-refractivity contribution in [3.63, 3.8) is 0 Å². The summed E-state index contributed by atoms with van der Waals surface area (Å²) in [7, 11) is -15.9. The van der Waals surface area contributed by atoms with Gasteiger partial charge in [0.1, 0.15) is 6.10 Å². The van der Waals surface area contributed by atoms with Gasteiger partial charge in [-0.3, -0.25) is 18.5 Å². The number of hydrogen-bond acceptors (Lipinski definition) is 15. The normalized spacial score (nSPS) is 20.5. The van der Waals surface area contributed by atoms with Gasteiger partial charge in [-0.2, -0.15) is 30.0 Å². The molecule has 0 aromatic rings. The third kappa shape index (κ3) is 15.6. The lowest BCUT2D eigenvalue weighted by Gasteiger charge is -2.39. The van der Waals surface area contributed by atoms with E-state index in [0.29, 0.717) is 0 Å². The molecule has 0 saturated carbocycles. The molecule has 9 N–H and O–H groups in total. The van der Waals surface area contributed by atoms with E-state index in [4.69, 9.17) is 14.0 Å². The molecule has 10 atom stereocenters. The Morgan fingerprint density at radius 2 is 1.23 bits per heavy atom. The van der Waals surface area contributed by atoms with Crippen LogP contribution in [-0.4, -0.2) is 132 Å². The van der Waals surface area contributed by atoms with Crippen LogP contribution in [0, 0.1) is 17.8 Å². The first-order valence-corrected chi connectivity index (χ1v) is 16.6. The summed E-state index contributed by atoms with van der Waals surface area (Å²) in [5.74, 6) is -5.53. The molecule has 0 spiro atoms. The van der Waals surface area contributed by atoms with Gasteiger partial charge in [0.15, 0.2) is 12.4 Å². The highest BCUT2D eigenvalue weighted by Gasteiger charge is 2.46. The number of nitrogens with one attached hydrogen (secondary N) is 1. The summed E-state index contributed by atoms with van der Waals surface area (Å²) in [5.41, 5.74) is 0. The van der Waals surface area contributed by atoms with Gasteiger partial charge < -0.3 is 35.0 Å². The number of carboxylic acid groups (broad SMARTS) is 1. The van der Waals surface area contributed by atoms with E-state index in [2.05, 4.69) is 8.37 Å². The zero-order valence-electron chi connectivity index (χ0n) is 23.9. The molecule has 0 aliphatic carbocycles. The average molecular weight is 696 g/mol. The summed E-state index contributed by atoms with van der Waals surface area (Å²) in [4.78, 5) is 11.6. The van der Waals surface area contributed by atoms with E-state index >= 15 is 0 Å². The van der Waals surface area contributed by atoms with Gasteiger partial charge in [-0.05, 0) is 26.7 Å².